The minimum absolute atomic E-state index is 1.12. The second-order valence-electron chi connectivity index (χ2n) is 4.00. The molecule has 0 saturated carbocycles. The van der Waals surface area contributed by atoms with Gasteiger partial charge in [0.1, 0.15) is 0 Å². The van der Waals surface area contributed by atoms with Gasteiger partial charge in [0.15, 0.2) is 0 Å². The van der Waals surface area contributed by atoms with Crippen LogP contribution in [0.25, 0.3) is 5.57 Å². The third-order valence-corrected chi connectivity index (χ3v) is 2.58. The summed E-state index contributed by atoms with van der Waals surface area (Å²) in [6, 6.07) is 6.62. The van der Waals surface area contributed by atoms with Crippen molar-refractivity contribution in [2.24, 2.45) is 0 Å². The Balaban J connectivity index is 0. The van der Waals surface area contributed by atoms with Gasteiger partial charge in [-0.05, 0) is 37.0 Å². The van der Waals surface area contributed by atoms with Crippen LogP contribution in [0.5, 0.6) is 0 Å². The van der Waals surface area contributed by atoms with E-state index >= 15 is 0 Å². The molecule has 0 N–H and O–H groups in total. The predicted octanol–water partition coefficient (Wildman–Crippen LogP) is 6.73. The molecule has 0 aliphatic rings. The van der Waals surface area contributed by atoms with E-state index in [1.165, 1.54) is 28.7 Å². The van der Waals surface area contributed by atoms with E-state index in [4.69, 9.17) is 0 Å². The van der Waals surface area contributed by atoms with E-state index < -0.39 is 0 Å². The number of hydrogen-bond donors (Lipinski definition) is 0. The van der Waals surface area contributed by atoms with Crippen LogP contribution in [0.4, 0.5) is 0 Å². The third kappa shape index (κ3) is 7.66. The van der Waals surface area contributed by atoms with Crippen LogP contribution in [0.3, 0.4) is 0 Å². The Morgan fingerprint density at radius 3 is 2.16 bits per heavy atom. The summed E-state index contributed by atoms with van der Waals surface area (Å²) in [5, 5.41) is 0. The van der Waals surface area contributed by atoms with Crippen LogP contribution in [0.1, 0.15) is 64.2 Å². The molecule has 1 rings (SSSR count). The van der Waals surface area contributed by atoms with Crippen LogP contribution < -0.4 is 0 Å². The predicted molar refractivity (Wildman–Crippen MR) is 91.7 cm³/mol. The first kappa shape index (κ1) is 20.0. The van der Waals surface area contributed by atoms with Gasteiger partial charge >= 0.3 is 0 Å². The molecule has 19 heavy (non-hydrogen) atoms. The van der Waals surface area contributed by atoms with Gasteiger partial charge in [0, 0.05) is 0 Å². The fourth-order valence-electron chi connectivity index (χ4n) is 1.80. The second kappa shape index (κ2) is 13.1. The van der Waals surface area contributed by atoms with Crippen molar-refractivity contribution in [1.82, 2.24) is 0 Å². The number of hydrogen-bond acceptors (Lipinski definition) is 0. The van der Waals surface area contributed by atoms with E-state index in [9.17, 15) is 0 Å². The van der Waals surface area contributed by atoms with Gasteiger partial charge in [-0.1, -0.05) is 83.5 Å². The molecular formula is C19H32. The fraction of sp³-hybridized carbons (Fsp3) is 0.474. The molecule has 0 radical (unpaired) electrons. The van der Waals surface area contributed by atoms with Crippen LogP contribution in [-0.4, -0.2) is 0 Å². The van der Waals surface area contributed by atoms with Crippen LogP contribution >= 0.6 is 0 Å². The molecule has 0 heterocycles. The summed E-state index contributed by atoms with van der Waals surface area (Å²) in [4.78, 5) is 0. The Bertz CT molecular complexity index is 370. The Morgan fingerprint density at radius 2 is 1.68 bits per heavy atom. The van der Waals surface area contributed by atoms with Gasteiger partial charge in [-0.2, -0.15) is 0 Å². The summed E-state index contributed by atoms with van der Waals surface area (Å²) in [6.07, 6.45) is 6.31. The fourth-order valence-corrected chi connectivity index (χ4v) is 1.80. The normalized spacial score (nSPS) is 9.74. The van der Waals surface area contributed by atoms with Crippen LogP contribution in [0.15, 0.2) is 36.9 Å². The quantitative estimate of drug-likeness (QED) is 0.527. The molecule has 1 aromatic rings. The van der Waals surface area contributed by atoms with E-state index in [1.807, 2.05) is 33.8 Å². The Hall–Kier alpha value is -1.30. The lowest BCUT2D eigenvalue weighted by Gasteiger charge is -2.10. The summed E-state index contributed by atoms with van der Waals surface area (Å²) in [5.41, 5.74) is 5.44. The zero-order chi connectivity index (χ0) is 15.3. The molecule has 0 heteroatoms. The molecule has 0 unspecified atom stereocenters. The first-order valence-corrected chi connectivity index (χ1v) is 7.58. The highest BCUT2D eigenvalue weighted by Crippen LogP contribution is 2.24. The number of benzene rings is 1. The van der Waals surface area contributed by atoms with E-state index in [0.29, 0.717) is 0 Å². The minimum atomic E-state index is 1.12. The van der Waals surface area contributed by atoms with Gasteiger partial charge in [-0.15, -0.1) is 0 Å². The first-order valence-electron chi connectivity index (χ1n) is 7.58. The summed E-state index contributed by atoms with van der Waals surface area (Å²) in [5.74, 6) is 0. The van der Waals surface area contributed by atoms with Gasteiger partial charge in [0.2, 0.25) is 0 Å². The molecule has 0 saturated heterocycles. The molecule has 1 aromatic carbocycles. The maximum Gasteiger partial charge on any atom is -0.0193 e. The summed E-state index contributed by atoms with van der Waals surface area (Å²) < 4.78 is 0. The summed E-state index contributed by atoms with van der Waals surface area (Å²) >= 11 is 0. The summed E-state index contributed by atoms with van der Waals surface area (Å²) in [6.45, 7) is 18.3. The largest absolute Gasteiger partial charge is 0.0991 e. The number of allylic oxidation sites excluding steroid dienone is 3. The second-order valence-corrected chi connectivity index (χ2v) is 4.00. The lowest BCUT2D eigenvalue weighted by Crippen LogP contribution is -1.90. The van der Waals surface area contributed by atoms with Gasteiger partial charge in [-0.25, -0.2) is 0 Å². The van der Waals surface area contributed by atoms with Crippen molar-refractivity contribution in [3.8, 4) is 0 Å². The van der Waals surface area contributed by atoms with Gasteiger partial charge in [-0.3, -0.25) is 0 Å². The maximum atomic E-state index is 3.78. The van der Waals surface area contributed by atoms with E-state index in [-0.39, 0.29) is 0 Å². The van der Waals surface area contributed by atoms with E-state index in [2.05, 4.69) is 51.6 Å². The molecule has 0 fully saturated rings. The molecule has 0 aliphatic heterocycles. The van der Waals surface area contributed by atoms with Gasteiger partial charge in [0.05, 0.1) is 0 Å². The Morgan fingerprint density at radius 1 is 1.11 bits per heavy atom. The molecular weight excluding hydrogens is 228 g/mol. The lowest BCUT2D eigenvalue weighted by molar-refractivity contribution is 0.971. The van der Waals surface area contributed by atoms with Crippen molar-refractivity contribution >= 4 is 5.57 Å². The van der Waals surface area contributed by atoms with Crippen molar-refractivity contribution in [3.05, 3.63) is 53.6 Å². The van der Waals surface area contributed by atoms with Crippen LogP contribution in [0, 0.1) is 13.8 Å². The molecule has 0 atom stereocenters. The average molecular weight is 260 g/mol. The van der Waals surface area contributed by atoms with Crippen LogP contribution in [0.2, 0.25) is 0 Å². The summed E-state index contributed by atoms with van der Waals surface area (Å²) in [7, 11) is 0. The average Bonchev–Trinajstić information content (AvgIpc) is 2.46. The molecule has 0 aliphatic carbocycles. The first-order chi connectivity index (χ1) is 9.19. The molecule has 0 nitrogen and oxygen atoms in total. The van der Waals surface area contributed by atoms with Crippen molar-refractivity contribution in [2.45, 2.75) is 61.3 Å². The molecule has 108 valence electrons. The highest BCUT2D eigenvalue weighted by molar-refractivity contribution is 5.69. The number of rotatable bonds is 4. The third-order valence-electron chi connectivity index (χ3n) is 2.58. The smallest absolute Gasteiger partial charge is 0.0193 e. The van der Waals surface area contributed by atoms with Gasteiger partial charge < -0.3 is 0 Å². The van der Waals surface area contributed by atoms with Crippen molar-refractivity contribution in [1.29, 1.82) is 0 Å². The van der Waals surface area contributed by atoms with E-state index in [1.54, 1.807) is 0 Å². The Labute approximate surface area is 121 Å². The topological polar surface area (TPSA) is 0 Å². The zero-order valence-electron chi connectivity index (χ0n) is 14.0. The molecule has 0 bridgehead atoms. The zero-order valence-corrected chi connectivity index (χ0v) is 14.0. The lowest BCUT2D eigenvalue weighted by atomic mass is 9.95. The highest BCUT2D eigenvalue weighted by atomic mass is 14.1. The maximum absolute atomic E-state index is 3.78. The molecule has 0 aromatic heterocycles. The monoisotopic (exact) mass is 260 g/mol. The number of aryl methyl sites for hydroxylation is 2. The van der Waals surface area contributed by atoms with Crippen molar-refractivity contribution in [2.75, 3.05) is 0 Å². The van der Waals surface area contributed by atoms with E-state index in [0.717, 1.165) is 6.42 Å². The van der Waals surface area contributed by atoms with Crippen LogP contribution in [-0.2, 0) is 0 Å². The highest BCUT2D eigenvalue weighted by Gasteiger charge is 2.03. The molecule has 0 amide bonds. The standard InChI is InChI=1S/C15H20.2C2H6/c1-5-7-14(8-6-2)15-11-12(3)9-10-13(15)4;2*1-2/h5,7,9-11H,1,6,8H2,2-4H3;2*1-2H3/b14-7-;;. The van der Waals surface area contributed by atoms with Crippen molar-refractivity contribution in [3.63, 3.8) is 0 Å². The van der Waals surface area contributed by atoms with Gasteiger partial charge in [0.25, 0.3) is 0 Å². The SMILES string of the molecule is C=C/C=C(/CCC)c1cc(C)ccc1C.CC.CC. The van der Waals surface area contributed by atoms with Crippen molar-refractivity contribution < 1.29 is 0 Å². The minimum Gasteiger partial charge on any atom is -0.0991 e. The Kier molecular flexibility index (Phi) is 13.8. The molecule has 0 spiro atoms.